The van der Waals surface area contributed by atoms with Gasteiger partial charge in [0.25, 0.3) is 0 Å². The number of hydrogen-bond donors (Lipinski definition) is 1. The molecule has 1 aliphatic heterocycles. The number of aromatic nitrogens is 2. The van der Waals surface area contributed by atoms with Crippen LogP contribution < -0.4 is 5.32 Å². The van der Waals surface area contributed by atoms with Crippen LogP contribution in [0.5, 0.6) is 0 Å². The minimum atomic E-state index is -0.426. The van der Waals surface area contributed by atoms with Gasteiger partial charge in [0.15, 0.2) is 0 Å². The van der Waals surface area contributed by atoms with E-state index in [2.05, 4.69) is 10.4 Å². The molecule has 6 nitrogen and oxygen atoms in total. The molecule has 0 amide bonds. The Kier molecular flexibility index (Phi) is 3.19. The zero-order chi connectivity index (χ0) is 11.5. The molecule has 1 aromatic heterocycles. The highest BCUT2D eigenvalue weighted by molar-refractivity contribution is 5.27. The fraction of sp³-hybridized carbons (Fsp3) is 0.700. The Morgan fingerprint density at radius 3 is 3.12 bits per heavy atom. The molecule has 16 heavy (non-hydrogen) atoms. The van der Waals surface area contributed by atoms with E-state index in [9.17, 15) is 10.1 Å². The second-order valence-corrected chi connectivity index (χ2v) is 4.33. The summed E-state index contributed by atoms with van der Waals surface area (Å²) >= 11 is 0. The van der Waals surface area contributed by atoms with Crippen molar-refractivity contribution in [2.24, 2.45) is 5.92 Å². The quantitative estimate of drug-likeness (QED) is 0.616. The lowest BCUT2D eigenvalue weighted by Crippen LogP contribution is -2.32. The summed E-state index contributed by atoms with van der Waals surface area (Å²) in [5, 5.41) is 18.0. The SMILES string of the molecule is Cc1cn(CC2CCCNC2)nc1[N+](=O)[O-]. The molecule has 6 heteroatoms. The second kappa shape index (κ2) is 4.61. The number of piperidine rings is 1. The van der Waals surface area contributed by atoms with Crippen molar-refractivity contribution in [3.63, 3.8) is 0 Å². The first-order valence-corrected chi connectivity index (χ1v) is 5.56. The Morgan fingerprint density at radius 1 is 1.75 bits per heavy atom. The van der Waals surface area contributed by atoms with Crippen molar-refractivity contribution >= 4 is 5.82 Å². The molecule has 1 N–H and O–H groups in total. The predicted molar refractivity (Wildman–Crippen MR) is 59.2 cm³/mol. The first-order chi connectivity index (χ1) is 7.66. The van der Waals surface area contributed by atoms with Crippen LogP contribution in [-0.4, -0.2) is 27.8 Å². The molecule has 1 aliphatic rings. The molecule has 1 aromatic rings. The van der Waals surface area contributed by atoms with Crippen LogP contribution >= 0.6 is 0 Å². The molecule has 0 spiro atoms. The van der Waals surface area contributed by atoms with E-state index in [0.717, 1.165) is 19.6 Å². The third-order valence-electron chi connectivity index (χ3n) is 2.94. The van der Waals surface area contributed by atoms with Crippen LogP contribution in [0.15, 0.2) is 6.20 Å². The van der Waals surface area contributed by atoms with Gasteiger partial charge in [0.05, 0.1) is 23.4 Å². The van der Waals surface area contributed by atoms with Crippen LogP contribution in [0.25, 0.3) is 0 Å². The first-order valence-electron chi connectivity index (χ1n) is 5.56. The number of nitro groups is 1. The van der Waals surface area contributed by atoms with Gasteiger partial charge in [-0.05, 0) is 43.7 Å². The van der Waals surface area contributed by atoms with Crippen molar-refractivity contribution < 1.29 is 4.92 Å². The Bertz CT molecular complexity index is 382. The van der Waals surface area contributed by atoms with Crippen LogP contribution in [0.2, 0.25) is 0 Å². The van der Waals surface area contributed by atoms with Crippen molar-refractivity contribution in [2.45, 2.75) is 26.3 Å². The van der Waals surface area contributed by atoms with Crippen molar-refractivity contribution in [3.05, 3.63) is 21.9 Å². The summed E-state index contributed by atoms with van der Waals surface area (Å²) in [4.78, 5) is 10.2. The summed E-state index contributed by atoms with van der Waals surface area (Å²) in [5.41, 5.74) is 0.633. The standard InChI is InChI=1S/C10H16N4O2/c1-8-6-13(12-10(8)14(15)16)7-9-3-2-4-11-5-9/h6,9,11H,2-5,7H2,1H3. The van der Waals surface area contributed by atoms with Crippen molar-refractivity contribution in [3.8, 4) is 0 Å². The predicted octanol–water partition coefficient (Wildman–Crippen LogP) is 1.10. The summed E-state index contributed by atoms with van der Waals surface area (Å²) < 4.78 is 1.70. The van der Waals surface area contributed by atoms with Crippen LogP contribution in [0.3, 0.4) is 0 Å². The molecule has 0 aliphatic carbocycles. The average Bonchev–Trinajstić information content (AvgIpc) is 2.61. The molecule has 88 valence electrons. The average molecular weight is 224 g/mol. The van der Waals surface area contributed by atoms with E-state index >= 15 is 0 Å². The molecule has 2 heterocycles. The van der Waals surface area contributed by atoms with Gasteiger partial charge in [-0.2, -0.15) is 4.68 Å². The highest BCUT2D eigenvalue weighted by Gasteiger charge is 2.20. The number of aryl methyl sites for hydroxylation is 1. The van der Waals surface area contributed by atoms with Gasteiger partial charge in [-0.1, -0.05) is 0 Å². The van der Waals surface area contributed by atoms with Gasteiger partial charge in [0.1, 0.15) is 0 Å². The Balaban J connectivity index is 2.03. The van der Waals surface area contributed by atoms with E-state index in [-0.39, 0.29) is 5.82 Å². The lowest BCUT2D eigenvalue weighted by atomic mass is 10.00. The van der Waals surface area contributed by atoms with E-state index in [1.54, 1.807) is 17.8 Å². The fourth-order valence-electron chi connectivity index (χ4n) is 2.13. The van der Waals surface area contributed by atoms with Gasteiger partial charge in [-0.15, -0.1) is 0 Å². The van der Waals surface area contributed by atoms with E-state index in [4.69, 9.17) is 0 Å². The van der Waals surface area contributed by atoms with Gasteiger partial charge in [-0.25, -0.2) is 0 Å². The molecular formula is C10H16N4O2. The van der Waals surface area contributed by atoms with Crippen LogP contribution in [-0.2, 0) is 6.54 Å². The van der Waals surface area contributed by atoms with Gasteiger partial charge >= 0.3 is 5.82 Å². The maximum absolute atomic E-state index is 10.6. The van der Waals surface area contributed by atoms with E-state index < -0.39 is 4.92 Å². The molecule has 0 radical (unpaired) electrons. The monoisotopic (exact) mass is 224 g/mol. The zero-order valence-electron chi connectivity index (χ0n) is 9.35. The van der Waals surface area contributed by atoms with Gasteiger partial charge < -0.3 is 15.4 Å². The number of nitrogens with zero attached hydrogens (tertiary/aromatic N) is 3. The first kappa shape index (κ1) is 11.1. The minimum absolute atomic E-state index is 0.0243. The summed E-state index contributed by atoms with van der Waals surface area (Å²) in [6.07, 6.45) is 4.10. The van der Waals surface area contributed by atoms with E-state index in [0.29, 0.717) is 11.5 Å². The third-order valence-corrected chi connectivity index (χ3v) is 2.94. The molecule has 1 saturated heterocycles. The number of nitrogens with one attached hydrogen (secondary N) is 1. The van der Waals surface area contributed by atoms with Gasteiger partial charge in [0.2, 0.25) is 0 Å². The van der Waals surface area contributed by atoms with Gasteiger partial charge in [0, 0.05) is 0 Å². The second-order valence-electron chi connectivity index (χ2n) is 4.33. The van der Waals surface area contributed by atoms with Crippen LogP contribution in [0, 0.1) is 23.0 Å². The van der Waals surface area contributed by atoms with Crippen LogP contribution in [0.4, 0.5) is 5.82 Å². The zero-order valence-corrected chi connectivity index (χ0v) is 9.35. The largest absolute Gasteiger partial charge is 0.392 e. The minimum Gasteiger partial charge on any atom is -0.358 e. The smallest absolute Gasteiger partial charge is 0.358 e. The van der Waals surface area contributed by atoms with Crippen molar-refractivity contribution in [2.75, 3.05) is 13.1 Å². The summed E-state index contributed by atoms with van der Waals surface area (Å²) in [6, 6.07) is 0. The Morgan fingerprint density at radius 2 is 2.56 bits per heavy atom. The Hall–Kier alpha value is -1.43. The molecule has 2 rings (SSSR count). The molecule has 0 aromatic carbocycles. The molecule has 0 saturated carbocycles. The molecule has 0 bridgehead atoms. The number of hydrogen-bond acceptors (Lipinski definition) is 4. The Labute approximate surface area is 93.8 Å². The highest BCUT2D eigenvalue weighted by Crippen LogP contribution is 2.17. The fourth-order valence-corrected chi connectivity index (χ4v) is 2.13. The van der Waals surface area contributed by atoms with Gasteiger partial charge in [-0.3, -0.25) is 0 Å². The third kappa shape index (κ3) is 2.38. The highest BCUT2D eigenvalue weighted by atomic mass is 16.6. The summed E-state index contributed by atoms with van der Waals surface area (Å²) in [7, 11) is 0. The van der Waals surface area contributed by atoms with Crippen LogP contribution in [0.1, 0.15) is 18.4 Å². The lowest BCUT2D eigenvalue weighted by Gasteiger charge is -2.21. The summed E-state index contributed by atoms with van der Waals surface area (Å²) in [6.45, 7) is 4.55. The molecule has 1 unspecified atom stereocenters. The topological polar surface area (TPSA) is 73.0 Å². The maximum Gasteiger partial charge on any atom is 0.392 e. The maximum atomic E-state index is 10.6. The van der Waals surface area contributed by atoms with Crippen molar-refractivity contribution in [1.82, 2.24) is 15.1 Å². The number of rotatable bonds is 3. The molecule has 1 atom stereocenters. The summed E-state index contributed by atoms with van der Waals surface area (Å²) in [5.74, 6) is 0.511. The molecule has 1 fully saturated rings. The molecular weight excluding hydrogens is 208 g/mol. The van der Waals surface area contributed by atoms with Crippen molar-refractivity contribution in [1.29, 1.82) is 0 Å². The normalized spacial score (nSPS) is 20.9. The van der Waals surface area contributed by atoms with E-state index in [1.165, 1.54) is 12.8 Å². The van der Waals surface area contributed by atoms with E-state index in [1.807, 2.05) is 0 Å². The lowest BCUT2D eigenvalue weighted by molar-refractivity contribution is -0.390.